The summed E-state index contributed by atoms with van der Waals surface area (Å²) in [4.78, 5) is 2.83. The summed E-state index contributed by atoms with van der Waals surface area (Å²) in [5, 5.41) is 39.6. The van der Waals surface area contributed by atoms with E-state index in [9.17, 15) is 20.4 Å². The number of halogens is 1. The van der Waals surface area contributed by atoms with Gasteiger partial charge in [0.05, 0.1) is 21.4 Å². The molecule has 0 aliphatic heterocycles. The Bertz CT molecular complexity index is 794. The van der Waals surface area contributed by atoms with Crippen LogP contribution in [0.3, 0.4) is 0 Å². The SMILES string of the molecule is Oc1cc2[nH]c3c(O)c(Cl)ccc3c2c(O)c1O. The maximum atomic E-state index is 9.84. The van der Waals surface area contributed by atoms with Gasteiger partial charge in [-0.3, -0.25) is 0 Å². The van der Waals surface area contributed by atoms with E-state index in [0.29, 0.717) is 21.8 Å². The lowest BCUT2D eigenvalue weighted by Crippen LogP contribution is -1.74. The number of aromatic nitrogens is 1. The first-order valence-corrected chi connectivity index (χ1v) is 5.45. The van der Waals surface area contributed by atoms with Crippen LogP contribution in [0.25, 0.3) is 21.8 Å². The summed E-state index contributed by atoms with van der Waals surface area (Å²) >= 11 is 5.79. The van der Waals surface area contributed by atoms with E-state index in [2.05, 4.69) is 4.98 Å². The fourth-order valence-electron chi connectivity index (χ4n) is 2.05. The fourth-order valence-corrected chi connectivity index (χ4v) is 2.21. The molecule has 0 saturated carbocycles. The van der Waals surface area contributed by atoms with E-state index in [1.807, 2.05) is 0 Å². The molecule has 0 unspecified atom stereocenters. The molecule has 0 radical (unpaired) electrons. The Balaban J connectivity index is 2.60. The molecule has 0 spiro atoms. The summed E-state index contributed by atoms with van der Waals surface area (Å²) in [6, 6.07) is 4.35. The van der Waals surface area contributed by atoms with Gasteiger partial charge in [0.2, 0.25) is 5.75 Å². The number of phenolic OH excluding ortho intramolecular Hbond substituents is 4. The van der Waals surface area contributed by atoms with Crippen LogP contribution in [0.4, 0.5) is 0 Å². The molecular formula is C12H8ClNO4. The molecule has 1 heterocycles. The maximum Gasteiger partial charge on any atom is 0.201 e. The van der Waals surface area contributed by atoms with Gasteiger partial charge in [-0.05, 0) is 6.07 Å². The molecule has 0 saturated heterocycles. The van der Waals surface area contributed by atoms with Crippen molar-refractivity contribution in [2.75, 3.05) is 0 Å². The molecule has 0 aliphatic carbocycles. The summed E-state index contributed by atoms with van der Waals surface area (Å²) in [6.45, 7) is 0. The number of hydrogen-bond donors (Lipinski definition) is 5. The molecule has 0 amide bonds. The van der Waals surface area contributed by atoms with Gasteiger partial charge < -0.3 is 25.4 Å². The number of rotatable bonds is 0. The van der Waals surface area contributed by atoms with E-state index in [1.165, 1.54) is 12.1 Å². The second kappa shape index (κ2) is 3.36. The van der Waals surface area contributed by atoms with Crippen LogP contribution in [0.5, 0.6) is 23.0 Å². The van der Waals surface area contributed by atoms with Gasteiger partial charge in [0.1, 0.15) is 0 Å². The summed E-state index contributed by atoms with van der Waals surface area (Å²) in [5.74, 6) is -1.64. The van der Waals surface area contributed by atoms with Crippen LogP contribution in [-0.2, 0) is 0 Å². The highest BCUT2D eigenvalue weighted by molar-refractivity contribution is 6.33. The van der Waals surface area contributed by atoms with Crippen LogP contribution in [-0.4, -0.2) is 25.4 Å². The molecule has 0 aliphatic rings. The Morgan fingerprint density at radius 1 is 0.944 bits per heavy atom. The van der Waals surface area contributed by atoms with Crippen LogP contribution < -0.4 is 0 Å². The first-order valence-electron chi connectivity index (χ1n) is 5.07. The monoisotopic (exact) mass is 265 g/mol. The number of hydrogen-bond acceptors (Lipinski definition) is 4. The summed E-state index contributed by atoms with van der Waals surface area (Å²) in [6.07, 6.45) is 0. The Hall–Kier alpha value is -2.27. The standard InChI is InChI=1S/C12H8ClNO4/c13-5-2-1-4-8-6(14-9(4)10(5)16)3-7(15)11(17)12(8)18/h1-3,14-18H. The van der Waals surface area contributed by atoms with Gasteiger partial charge >= 0.3 is 0 Å². The molecule has 0 bridgehead atoms. The number of aromatic hydroxyl groups is 4. The van der Waals surface area contributed by atoms with Gasteiger partial charge in [-0.25, -0.2) is 0 Å². The van der Waals surface area contributed by atoms with Crippen LogP contribution >= 0.6 is 11.6 Å². The molecule has 1 aromatic heterocycles. The minimum Gasteiger partial charge on any atom is -0.504 e. The van der Waals surface area contributed by atoms with E-state index in [0.717, 1.165) is 0 Å². The highest BCUT2D eigenvalue weighted by Crippen LogP contribution is 2.46. The number of phenols is 4. The topological polar surface area (TPSA) is 96.7 Å². The molecule has 0 fully saturated rings. The molecule has 3 rings (SSSR count). The average molecular weight is 266 g/mol. The van der Waals surface area contributed by atoms with E-state index >= 15 is 0 Å². The molecule has 5 N–H and O–H groups in total. The Morgan fingerprint density at radius 2 is 1.67 bits per heavy atom. The van der Waals surface area contributed by atoms with Crippen molar-refractivity contribution >= 4 is 33.4 Å². The summed E-state index contributed by atoms with van der Waals surface area (Å²) in [7, 11) is 0. The Kier molecular flexibility index (Phi) is 2.03. The first kappa shape index (κ1) is 10.9. The molecule has 6 heteroatoms. The lowest BCUT2D eigenvalue weighted by Gasteiger charge is -2.02. The minimum atomic E-state index is -0.599. The number of nitrogens with one attached hydrogen (secondary N) is 1. The molecule has 18 heavy (non-hydrogen) atoms. The zero-order valence-corrected chi connectivity index (χ0v) is 9.65. The molecule has 3 aromatic rings. The van der Waals surface area contributed by atoms with E-state index in [4.69, 9.17) is 11.6 Å². The van der Waals surface area contributed by atoms with Crippen LogP contribution in [0.1, 0.15) is 0 Å². The van der Waals surface area contributed by atoms with Crippen LogP contribution in [0.2, 0.25) is 5.02 Å². The largest absolute Gasteiger partial charge is 0.504 e. The average Bonchev–Trinajstić information content (AvgIpc) is 2.70. The third kappa shape index (κ3) is 1.22. The Labute approximate surface area is 105 Å². The van der Waals surface area contributed by atoms with Gasteiger partial charge in [-0.2, -0.15) is 0 Å². The predicted molar refractivity (Wildman–Crippen MR) is 67.5 cm³/mol. The van der Waals surface area contributed by atoms with E-state index in [-0.39, 0.29) is 10.8 Å². The molecule has 5 nitrogen and oxygen atoms in total. The smallest absolute Gasteiger partial charge is 0.201 e. The number of benzene rings is 2. The van der Waals surface area contributed by atoms with Gasteiger partial charge in [0.15, 0.2) is 17.2 Å². The normalized spacial score (nSPS) is 11.4. The third-order valence-electron chi connectivity index (χ3n) is 2.91. The second-order valence-corrected chi connectivity index (χ2v) is 4.37. The summed E-state index contributed by atoms with van der Waals surface area (Å²) in [5.41, 5.74) is 0.716. The van der Waals surface area contributed by atoms with Crippen molar-refractivity contribution in [3.8, 4) is 23.0 Å². The maximum absolute atomic E-state index is 9.84. The summed E-state index contributed by atoms with van der Waals surface area (Å²) < 4.78 is 0. The van der Waals surface area contributed by atoms with Crippen LogP contribution in [0, 0.1) is 0 Å². The van der Waals surface area contributed by atoms with Crippen molar-refractivity contribution in [2.45, 2.75) is 0 Å². The van der Waals surface area contributed by atoms with Gasteiger partial charge in [-0.1, -0.05) is 17.7 Å². The van der Waals surface area contributed by atoms with Crippen molar-refractivity contribution in [1.82, 2.24) is 4.98 Å². The van der Waals surface area contributed by atoms with Gasteiger partial charge in [0.25, 0.3) is 0 Å². The second-order valence-electron chi connectivity index (χ2n) is 3.96. The first-order chi connectivity index (χ1) is 8.50. The van der Waals surface area contributed by atoms with Crippen LogP contribution in [0.15, 0.2) is 18.2 Å². The van der Waals surface area contributed by atoms with Crippen molar-refractivity contribution in [3.63, 3.8) is 0 Å². The Morgan fingerprint density at radius 3 is 2.39 bits per heavy atom. The highest BCUT2D eigenvalue weighted by Gasteiger charge is 2.18. The lowest BCUT2D eigenvalue weighted by atomic mass is 10.1. The highest BCUT2D eigenvalue weighted by atomic mass is 35.5. The fraction of sp³-hybridized carbons (Fsp3) is 0. The molecule has 92 valence electrons. The quantitative estimate of drug-likeness (QED) is 0.404. The van der Waals surface area contributed by atoms with Crippen molar-refractivity contribution in [3.05, 3.63) is 23.2 Å². The predicted octanol–water partition coefficient (Wildman–Crippen LogP) is 2.80. The molecular weight excluding hydrogens is 258 g/mol. The minimum absolute atomic E-state index is 0.149. The molecule has 0 atom stereocenters. The van der Waals surface area contributed by atoms with E-state index in [1.54, 1.807) is 6.07 Å². The zero-order chi connectivity index (χ0) is 13.0. The number of H-pyrrole nitrogens is 1. The van der Waals surface area contributed by atoms with Gasteiger partial charge in [0, 0.05) is 11.5 Å². The van der Waals surface area contributed by atoms with Crippen molar-refractivity contribution in [1.29, 1.82) is 0 Å². The van der Waals surface area contributed by atoms with E-state index < -0.39 is 17.2 Å². The van der Waals surface area contributed by atoms with Gasteiger partial charge in [-0.15, -0.1) is 0 Å². The van der Waals surface area contributed by atoms with Crippen molar-refractivity contribution < 1.29 is 20.4 Å². The number of fused-ring (bicyclic) bond motifs is 3. The van der Waals surface area contributed by atoms with Crippen molar-refractivity contribution in [2.24, 2.45) is 0 Å². The lowest BCUT2D eigenvalue weighted by molar-refractivity contribution is 0.371. The molecule has 2 aromatic carbocycles. The number of aromatic amines is 1. The third-order valence-corrected chi connectivity index (χ3v) is 3.22. The zero-order valence-electron chi connectivity index (χ0n) is 8.90.